The van der Waals surface area contributed by atoms with Gasteiger partial charge in [0.25, 0.3) is 0 Å². The van der Waals surface area contributed by atoms with Crippen LogP contribution in [0.1, 0.15) is 43.2 Å². The molecule has 1 saturated heterocycles. The van der Waals surface area contributed by atoms with E-state index >= 15 is 0 Å². The number of aromatic nitrogens is 3. The minimum atomic E-state index is 0.301. The first-order chi connectivity index (χ1) is 14.5. The molecule has 0 aliphatic carbocycles. The zero-order valence-corrected chi connectivity index (χ0v) is 19.4. The number of hydrogen-bond donors (Lipinski definition) is 2. The summed E-state index contributed by atoms with van der Waals surface area (Å²) in [6.45, 7) is 11.4. The minimum Gasteiger partial charge on any atom is -0.377 e. The normalized spacial score (nSPS) is 16.4. The lowest BCUT2D eigenvalue weighted by Gasteiger charge is -2.33. The van der Waals surface area contributed by atoms with Gasteiger partial charge in [0, 0.05) is 37.6 Å². The van der Waals surface area contributed by atoms with E-state index < -0.39 is 0 Å². The molecule has 2 aromatic heterocycles. The molecule has 1 aliphatic heterocycles. The fraction of sp³-hybridized carbons (Fsp3) is 0.667. The van der Waals surface area contributed by atoms with Crippen LogP contribution in [0.3, 0.4) is 0 Å². The molecule has 0 radical (unpaired) electrons. The standard InChI is InChI=1S/C21H35N7OS/c1-16(2)29-12-11-28-9-7-18(8-10-28)24-21(22-14-19-6-5-13-30-19)23-15-20-26-25-17(3)27(20)4/h5-6,13,16,18H,7-12,14-15H2,1-4H3,(H2,22,23,24). The van der Waals surface area contributed by atoms with Crippen molar-refractivity contribution in [1.82, 2.24) is 30.3 Å². The fourth-order valence-electron chi connectivity index (χ4n) is 3.39. The van der Waals surface area contributed by atoms with E-state index in [1.165, 1.54) is 4.88 Å². The molecular formula is C21H35N7OS. The Hall–Kier alpha value is -1.97. The summed E-state index contributed by atoms with van der Waals surface area (Å²) < 4.78 is 7.67. The predicted octanol–water partition coefficient (Wildman–Crippen LogP) is 2.31. The van der Waals surface area contributed by atoms with Crippen molar-refractivity contribution >= 4 is 17.3 Å². The highest BCUT2D eigenvalue weighted by Crippen LogP contribution is 2.11. The van der Waals surface area contributed by atoms with E-state index in [1.807, 2.05) is 18.5 Å². The molecule has 9 heteroatoms. The predicted molar refractivity (Wildman–Crippen MR) is 122 cm³/mol. The van der Waals surface area contributed by atoms with Crippen LogP contribution < -0.4 is 10.6 Å². The molecule has 166 valence electrons. The molecule has 0 aromatic carbocycles. The third-order valence-corrected chi connectivity index (χ3v) is 6.23. The molecule has 0 spiro atoms. The Balaban J connectivity index is 1.53. The van der Waals surface area contributed by atoms with Gasteiger partial charge in [-0.15, -0.1) is 21.5 Å². The van der Waals surface area contributed by atoms with Gasteiger partial charge in [-0.1, -0.05) is 6.07 Å². The molecule has 0 atom stereocenters. The van der Waals surface area contributed by atoms with Crippen LogP contribution in [-0.4, -0.2) is 64.0 Å². The van der Waals surface area contributed by atoms with E-state index in [1.54, 1.807) is 11.3 Å². The summed E-state index contributed by atoms with van der Waals surface area (Å²) >= 11 is 1.75. The first kappa shape index (κ1) is 22.7. The number of likely N-dealkylation sites (tertiary alicyclic amines) is 1. The second kappa shape index (κ2) is 11.4. The summed E-state index contributed by atoms with van der Waals surface area (Å²) in [5.41, 5.74) is 0. The van der Waals surface area contributed by atoms with Gasteiger partial charge in [0.15, 0.2) is 11.8 Å². The summed E-state index contributed by atoms with van der Waals surface area (Å²) in [4.78, 5) is 8.57. The van der Waals surface area contributed by atoms with Gasteiger partial charge in [-0.2, -0.15) is 0 Å². The second-order valence-corrected chi connectivity index (χ2v) is 9.03. The van der Waals surface area contributed by atoms with Crippen LogP contribution in [0.4, 0.5) is 0 Å². The Morgan fingerprint density at radius 1 is 1.33 bits per heavy atom. The molecule has 30 heavy (non-hydrogen) atoms. The monoisotopic (exact) mass is 433 g/mol. The van der Waals surface area contributed by atoms with Gasteiger partial charge in [0.1, 0.15) is 12.4 Å². The van der Waals surface area contributed by atoms with Crippen molar-refractivity contribution in [3.8, 4) is 0 Å². The number of thiophene rings is 1. The number of ether oxygens (including phenoxy) is 1. The fourth-order valence-corrected chi connectivity index (χ4v) is 4.03. The van der Waals surface area contributed by atoms with Crippen molar-refractivity contribution in [3.05, 3.63) is 34.0 Å². The molecule has 0 amide bonds. The summed E-state index contributed by atoms with van der Waals surface area (Å²) in [6.07, 6.45) is 2.50. The first-order valence-corrected chi connectivity index (χ1v) is 11.6. The van der Waals surface area contributed by atoms with E-state index in [0.717, 1.165) is 63.2 Å². The minimum absolute atomic E-state index is 0.301. The third kappa shape index (κ3) is 7.07. The van der Waals surface area contributed by atoms with E-state index in [-0.39, 0.29) is 0 Å². The Morgan fingerprint density at radius 2 is 2.13 bits per heavy atom. The van der Waals surface area contributed by atoms with Crippen molar-refractivity contribution in [2.24, 2.45) is 12.0 Å². The van der Waals surface area contributed by atoms with Crippen molar-refractivity contribution in [2.45, 2.75) is 58.8 Å². The zero-order chi connectivity index (χ0) is 21.3. The molecule has 1 fully saturated rings. The highest BCUT2D eigenvalue weighted by molar-refractivity contribution is 7.09. The van der Waals surface area contributed by atoms with E-state index in [4.69, 9.17) is 9.73 Å². The molecule has 8 nitrogen and oxygen atoms in total. The van der Waals surface area contributed by atoms with Crippen LogP contribution in [0.2, 0.25) is 0 Å². The molecule has 3 heterocycles. The van der Waals surface area contributed by atoms with Crippen molar-refractivity contribution in [1.29, 1.82) is 0 Å². The Labute approximate surface area is 183 Å². The van der Waals surface area contributed by atoms with Gasteiger partial charge < -0.3 is 24.8 Å². The molecule has 0 bridgehead atoms. The van der Waals surface area contributed by atoms with Gasteiger partial charge in [0.05, 0.1) is 19.3 Å². The maximum atomic E-state index is 5.69. The van der Waals surface area contributed by atoms with Gasteiger partial charge >= 0.3 is 0 Å². The summed E-state index contributed by atoms with van der Waals surface area (Å²) in [5.74, 6) is 2.60. The molecule has 0 saturated carbocycles. The number of rotatable bonds is 9. The van der Waals surface area contributed by atoms with Gasteiger partial charge in [0.2, 0.25) is 0 Å². The van der Waals surface area contributed by atoms with Crippen LogP contribution in [-0.2, 0) is 24.9 Å². The average Bonchev–Trinajstić information content (AvgIpc) is 3.36. The van der Waals surface area contributed by atoms with Gasteiger partial charge in [-0.25, -0.2) is 4.99 Å². The Morgan fingerprint density at radius 3 is 2.77 bits per heavy atom. The SMILES string of the molecule is Cc1nnc(CN=C(NCc2cccs2)NC2CCN(CCOC(C)C)CC2)n1C. The average molecular weight is 434 g/mol. The van der Waals surface area contributed by atoms with Crippen molar-refractivity contribution in [2.75, 3.05) is 26.2 Å². The highest BCUT2D eigenvalue weighted by Gasteiger charge is 2.20. The van der Waals surface area contributed by atoms with Crippen molar-refractivity contribution in [3.63, 3.8) is 0 Å². The molecule has 1 aliphatic rings. The van der Waals surface area contributed by atoms with E-state index in [2.05, 4.69) is 57.1 Å². The number of nitrogens with one attached hydrogen (secondary N) is 2. The van der Waals surface area contributed by atoms with E-state index in [0.29, 0.717) is 18.7 Å². The maximum Gasteiger partial charge on any atom is 0.192 e. The Kier molecular flexibility index (Phi) is 8.65. The number of guanidine groups is 1. The van der Waals surface area contributed by atoms with E-state index in [9.17, 15) is 0 Å². The summed E-state index contributed by atoms with van der Waals surface area (Å²) in [7, 11) is 1.98. The number of aryl methyl sites for hydroxylation is 1. The second-order valence-electron chi connectivity index (χ2n) is 8.00. The molecule has 2 N–H and O–H groups in total. The lowest BCUT2D eigenvalue weighted by atomic mass is 10.1. The van der Waals surface area contributed by atoms with Crippen LogP contribution in [0.5, 0.6) is 0 Å². The number of nitrogens with zero attached hydrogens (tertiary/aromatic N) is 5. The first-order valence-electron chi connectivity index (χ1n) is 10.8. The summed E-state index contributed by atoms with van der Waals surface area (Å²) in [6, 6.07) is 4.63. The van der Waals surface area contributed by atoms with Gasteiger partial charge in [-0.05, 0) is 45.1 Å². The summed E-state index contributed by atoms with van der Waals surface area (Å²) in [5, 5.41) is 17.6. The number of piperidine rings is 1. The molecule has 3 rings (SSSR count). The highest BCUT2D eigenvalue weighted by atomic mass is 32.1. The number of hydrogen-bond acceptors (Lipinski definition) is 6. The third-order valence-electron chi connectivity index (χ3n) is 5.36. The topological polar surface area (TPSA) is 79.6 Å². The largest absolute Gasteiger partial charge is 0.377 e. The van der Waals surface area contributed by atoms with Gasteiger partial charge in [-0.3, -0.25) is 0 Å². The lowest BCUT2D eigenvalue weighted by molar-refractivity contribution is 0.0532. The van der Waals surface area contributed by atoms with Crippen LogP contribution in [0.15, 0.2) is 22.5 Å². The maximum absolute atomic E-state index is 5.69. The smallest absolute Gasteiger partial charge is 0.192 e. The molecular weight excluding hydrogens is 398 g/mol. The molecule has 2 aromatic rings. The lowest BCUT2D eigenvalue weighted by Crippen LogP contribution is -2.49. The number of aliphatic imine (C=N–C) groups is 1. The van der Waals surface area contributed by atoms with Crippen LogP contribution >= 0.6 is 11.3 Å². The zero-order valence-electron chi connectivity index (χ0n) is 18.6. The van der Waals surface area contributed by atoms with Crippen LogP contribution in [0, 0.1) is 6.92 Å². The molecule has 0 unspecified atom stereocenters. The van der Waals surface area contributed by atoms with Crippen molar-refractivity contribution < 1.29 is 4.74 Å². The quantitative estimate of drug-likeness (QED) is 0.467. The Bertz CT molecular complexity index is 779. The van der Waals surface area contributed by atoms with Crippen LogP contribution in [0.25, 0.3) is 0 Å².